The molecule has 1 N–H and O–H groups in total. The second-order valence-corrected chi connectivity index (χ2v) is 6.54. The van der Waals surface area contributed by atoms with Crippen molar-refractivity contribution < 1.29 is 9.90 Å². The van der Waals surface area contributed by atoms with Gasteiger partial charge < -0.3 is 10.0 Å². The number of likely N-dealkylation sites (tertiary alicyclic amines) is 1. The Hall–Kier alpha value is -2.25. The maximum absolute atomic E-state index is 12.3. The van der Waals surface area contributed by atoms with E-state index in [9.17, 15) is 9.90 Å². The Balaban J connectivity index is 1.74. The van der Waals surface area contributed by atoms with Crippen LogP contribution in [0.3, 0.4) is 0 Å². The number of halogens is 1. The molecule has 0 atom stereocenters. The van der Waals surface area contributed by atoms with Gasteiger partial charge in [0.25, 0.3) is 0 Å². The Labute approximate surface area is 150 Å². The number of aryl methyl sites for hydroxylation is 1. The monoisotopic (exact) mass is 361 g/mol. The van der Waals surface area contributed by atoms with Gasteiger partial charge in [-0.05, 0) is 54.3 Å². The minimum Gasteiger partial charge on any atom is -0.393 e. The molecule has 0 unspecified atom stereocenters. The summed E-state index contributed by atoms with van der Waals surface area (Å²) in [5.74, 6) is 0.545. The van der Waals surface area contributed by atoms with Gasteiger partial charge in [0.2, 0.25) is 5.91 Å². The molecular formula is C17H20ClN5O2. The zero-order valence-corrected chi connectivity index (χ0v) is 14.7. The maximum atomic E-state index is 12.3. The van der Waals surface area contributed by atoms with Crippen molar-refractivity contribution in [3.8, 4) is 0 Å². The zero-order valence-electron chi connectivity index (χ0n) is 14.0. The number of nitrogens with zero attached hydrogens (tertiary/aromatic N) is 5. The van der Waals surface area contributed by atoms with Gasteiger partial charge in [-0.2, -0.15) is 4.80 Å². The first-order valence-corrected chi connectivity index (χ1v) is 8.57. The lowest BCUT2D eigenvalue weighted by atomic mass is 10.1. The van der Waals surface area contributed by atoms with Crippen LogP contribution in [0, 0.1) is 6.92 Å². The van der Waals surface area contributed by atoms with Crippen LogP contribution in [0.5, 0.6) is 0 Å². The molecule has 1 aliphatic rings. The van der Waals surface area contributed by atoms with Crippen molar-refractivity contribution in [2.75, 3.05) is 13.1 Å². The van der Waals surface area contributed by atoms with Gasteiger partial charge in [0, 0.05) is 24.2 Å². The fraction of sp³-hybridized carbons (Fsp3) is 0.412. The molecule has 2 heterocycles. The number of aliphatic hydroxyl groups excluding tert-OH is 1. The van der Waals surface area contributed by atoms with E-state index in [2.05, 4.69) is 15.4 Å². The fourth-order valence-electron chi connectivity index (χ4n) is 2.77. The Bertz CT molecular complexity index is 781. The Morgan fingerprint density at radius 1 is 1.40 bits per heavy atom. The molecule has 1 saturated heterocycles. The predicted octanol–water partition coefficient (Wildman–Crippen LogP) is 1.68. The highest BCUT2D eigenvalue weighted by atomic mass is 35.5. The van der Waals surface area contributed by atoms with Crippen molar-refractivity contribution in [2.24, 2.45) is 0 Å². The molecule has 0 bridgehead atoms. The average Bonchev–Trinajstić information content (AvgIpc) is 2.99. The Morgan fingerprint density at radius 2 is 2.16 bits per heavy atom. The predicted molar refractivity (Wildman–Crippen MR) is 94.0 cm³/mol. The number of aromatic nitrogens is 4. The average molecular weight is 362 g/mol. The normalized spacial score (nSPS) is 15.9. The van der Waals surface area contributed by atoms with Gasteiger partial charge in [-0.3, -0.25) is 4.79 Å². The minimum atomic E-state index is -0.297. The number of hydrogen-bond donors (Lipinski definition) is 1. The van der Waals surface area contributed by atoms with Gasteiger partial charge in [0.15, 0.2) is 5.82 Å². The number of hydrogen-bond acceptors (Lipinski definition) is 5. The summed E-state index contributed by atoms with van der Waals surface area (Å²) in [5.41, 5.74) is 1.78. The number of rotatable bonds is 4. The van der Waals surface area contributed by atoms with Crippen LogP contribution in [0.2, 0.25) is 5.02 Å². The summed E-state index contributed by atoms with van der Waals surface area (Å²) in [5, 5.41) is 22.1. The summed E-state index contributed by atoms with van der Waals surface area (Å²) >= 11 is 6.10. The molecule has 1 aromatic carbocycles. The van der Waals surface area contributed by atoms with Crippen molar-refractivity contribution in [3.05, 3.63) is 46.2 Å². The quantitative estimate of drug-likeness (QED) is 0.837. The van der Waals surface area contributed by atoms with E-state index >= 15 is 0 Å². The molecule has 2 aromatic rings. The van der Waals surface area contributed by atoms with E-state index in [1.54, 1.807) is 30.0 Å². The van der Waals surface area contributed by atoms with E-state index in [0.29, 0.717) is 43.3 Å². The summed E-state index contributed by atoms with van der Waals surface area (Å²) in [6.45, 7) is 3.36. The van der Waals surface area contributed by atoms with Crippen LogP contribution in [-0.2, 0) is 11.3 Å². The number of carbonyl (C=O) groups is 1. The maximum Gasteiger partial charge on any atom is 0.246 e. The molecular weight excluding hydrogens is 342 g/mol. The standard InChI is InChI=1S/C17H20ClN5O2/c1-12-19-21-23(20-12)11-14-10-15(18)4-2-13(14)3-5-17(25)22-8-6-16(24)7-9-22/h2-5,10,16,24H,6-9,11H2,1H3/b5-3+. The van der Waals surface area contributed by atoms with Gasteiger partial charge in [-0.15, -0.1) is 10.2 Å². The van der Waals surface area contributed by atoms with Crippen LogP contribution < -0.4 is 0 Å². The van der Waals surface area contributed by atoms with Crippen LogP contribution in [0.1, 0.15) is 29.8 Å². The molecule has 0 aliphatic carbocycles. The van der Waals surface area contributed by atoms with Crippen molar-refractivity contribution >= 4 is 23.6 Å². The number of carbonyl (C=O) groups excluding carboxylic acids is 1. The first-order valence-electron chi connectivity index (χ1n) is 8.19. The number of benzene rings is 1. The lowest BCUT2D eigenvalue weighted by Gasteiger charge is -2.28. The van der Waals surface area contributed by atoms with Crippen molar-refractivity contribution in [3.63, 3.8) is 0 Å². The Kier molecular flexibility index (Phi) is 5.45. The van der Waals surface area contributed by atoms with Crippen molar-refractivity contribution in [1.29, 1.82) is 0 Å². The molecule has 1 aromatic heterocycles. The van der Waals surface area contributed by atoms with Gasteiger partial charge >= 0.3 is 0 Å². The van der Waals surface area contributed by atoms with Gasteiger partial charge in [-0.1, -0.05) is 17.7 Å². The van der Waals surface area contributed by atoms with Crippen LogP contribution in [0.4, 0.5) is 0 Å². The summed E-state index contributed by atoms with van der Waals surface area (Å²) in [4.78, 5) is 15.6. The third-order valence-corrected chi connectivity index (χ3v) is 4.39. The van der Waals surface area contributed by atoms with E-state index < -0.39 is 0 Å². The number of amides is 1. The first-order chi connectivity index (χ1) is 12.0. The molecule has 25 heavy (non-hydrogen) atoms. The summed E-state index contributed by atoms with van der Waals surface area (Å²) < 4.78 is 0. The molecule has 0 saturated carbocycles. The third kappa shape index (κ3) is 4.64. The molecule has 1 amide bonds. The van der Waals surface area contributed by atoms with Crippen LogP contribution in [0.25, 0.3) is 6.08 Å². The molecule has 132 valence electrons. The summed E-state index contributed by atoms with van der Waals surface area (Å²) in [7, 11) is 0. The molecule has 0 spiro atoms. The second kappa shape index (κ2) is 7.76. The lowest BCUT2D eigenvalue weighted by molar-refractivity contribution is -0.127. The molecule has 7 nitrogen and oxygen atoms in total. The smallest absolute Gasteiger partial charge is 0.246 e. The highest BCUT2D eigenvalue weighted by molar-refractivity contribution is 6.30. The van der Waals surface area contributed by atoms with Crippen LogP contribution >= 0.6 is 11.6 Å². The molecule has 8 heteroatoms. The number of piperidine rings is 1. The first kappa shape index (κ1) is 17.6. The SMILES string of the molecule is Cc1nnn(Cc2cc(Cl)ccc2/C=C/C(=O)N2CCC(O)CC2)n1. The van der Waals surface area contributed by atoms with E-state index in [1.807, 2.05) is 12.1 Å². The minimum absolute atomic E-state index is 0.0532. The van der Waals surface area contributed by atoms with Gasteiger partial charge in [-0.25, -0.2) is 0 Å². The van der Waals surface area contributed by atoms with E-state index in [-0.39, 0.29) is 12.0 Å². The van der Waals surface area contributed by atoms with Crippen LogP contribution in [-0.4, -0.2) is 55.3 Å². The largest absolute Gasteiger partial charge is 0.393 e. The zero-order chi connectivity index (χ0) is 17.8. The van der Waals surface area contributed by atoms with E-state index in [0.717, 1.165) is 11.1 Å². The van der Waals surface area contributed by atoms with Gasteiger partial charge in [0.05, 0.1) is 12.6 Å². The summed E-state index contributed by atoms with van der Waals surface area (Å²) in [6.07, 6.45) is 4.30. The van der Waals surface area contributed by atoms with Crippen LogP contribution in [0.15, 0.2) is 24.3 Å². The number of tetrazole rings is 1. The van der Waals surface area contributed by atoms with Gasteiger partial charge in [0.1, 0.15) is 0 Å². The molecule has 3 rings (SSSR count). The second-order valence-electron chi connectivity index (χ2n) is 6.10. The fourth-order valence-corrected chi connectivity index (χ4v) is 2.96. The van der Waals surface area contributed by atoms with E-state index in [4.69, 9.17) is 11.6 Å². The van der Waals surface area contributed by atoms with Crippen molar-refractivity contribution in [1.82, 2.24) is 25.1 Å². The lowest BCUT2D eigenvalue weighted by Crippen LogP contribution is -2.39. The molecule has 1 fully saturated rings. The highest BCUT2D eigenvalue weighted by Gasteiger charge is 2.19. The molecule has 1 aliphatic heterocycles. The topological polar surface area (TPSA) is 84.1 Å². The Morgan fingerprint density at radius 3 is 2.84 bits per heavy atom. The number of aliphatic hydroxyl groups is 1. The highest BCUT2D eigenvalue weighted by Crippen LogP contribution is 2.19. The summed E-state index contributed by atoms with van der Waals surface area (Å²) in [6, 6.07) is 5.49. The molecule has 0 radical (unpaired) electrons. The third-order valence-electron chi connectivity index (χ3n) is 4.15. The van der Waals surface area contributed by atoms with E-state index in [1.165, 1.54) is 4.80 Å². The van der Waals surface area contributed by atoms with Crippen molar-refractivity contribution in [2.45, 2.75) is 32.4 Å².